The summed E-state index contributed by atoms with van der Waals surface area (Å²) in [6.07, 6.45) is 1.60. The molecule has 1 unspecified atom stereocenters. The van der Waals surface area contributed by atoms with Crippen LogP contribution in [0.25, 0.3) is 0 Å². The van der Waals surface area contributed by atoms with E-state index < -0.39 is 46.5 Å². The molecule has 0 spiro atoms. The highest BCUT2D eigenvalue weighted by Crippen LogP contribution is 2.29. The van der Waals surface area contributed by atoms with Crippen LogP contribution in [0.2, 0.25) is 0 Å². The molecule has 0 aliphatic carbocycles. The number of hydrogen-bond acceptors (Lipinski definition) is 13. The first-order valence-corrected chi connectivity index (χ1v) is 20.5. The average molecular weight is 855 g/mol. The van der Waals surface area contributed by atoms with E-state index in [9.17, 15) is 35.9 Å². The zero-order chi connectivity index (χ0) is 45.6. The van der Waals surface area contributed by atoms with Crippen molar-refractivity contribution in [3.05, 3.63) is 161 Å². The molecule has 6 rings (SSSR count). The molecule has 6 aromatic rings. The van der Waals surface area contributed by atoms with Gasteiger partial charge in [0, 0.05) is 0 Å². The maximum Gasteiger partial charge on any atom is 0.480 e. The fourth-order valence-electron chi connectivity index (χ4n) is 7.00. The largest absolute Gasteiger partial charge is 0.480 e. The summed E-state index contributed by atoms with van der Waals surface area (Å²) in [4.78, 5) is 0. The van der Waals surface area contributed by atoms with Crippen LogP contribution in [0.1, 0.15) is 66.5 Å². The summed E-state index contributed by atoms with van der Waals surface area (Å²) in [7, 11) is -3.19. The van der Waals surface area contributed by atoms with Gasteiger partial charge in [-0.3, -0.25) is 0 Å². The molecular formula is C48H44B3N3O10. The van der Waals surface area contributed by atoms with Crippen molar-refractivity contribution in [1.82, 2.24) is 0 Å². The highest BCUT2D eigenvalue weighted by atomic mass is 16.6. The van der Waals surface area contributed by atoms with Crippen LogP contribution >= 0.6 is 0 Å². The molecule has 320 valence electrons. The zero-order valence-corrected chi connectivity index (χ0v) is 35.2. The predicted molar refractivity (Wildman–Crippen MR) is 241 cm³/mol. The molecule has 0 amide bonds. The van der Waals surface area contributed by atoms with Gasteiger partial charge >= 0.3 is 21.2 Å². The summed E-state index contributed by atoms with van der Waals surface area (Å²) in [5.41, 5.74) is 1.71. The Morgan fingerprint density at radius 2 is 0.875 bits per heavy atom. The van der Waals surface area contributed by atoms with E-state index in [0.29, 0.717) is 79.7 Å². The number of benzene rings is 6. The molecule has 0 radical (unpaired) electrons. The van der Waals surface area contributed by atoms with Crippen LogP contribution in [0.3, 0.4) is 0 Å². The molecule has 1 atom stereocenters. The van der Waals surface area contributed by atoms with E-state index in [-0.39, 0.29) is 17.4 Å². The summed E-state index contributed by atoms with van der Waals surface area (Å²) in [6.45, 7) is 0.845. The van der Waals surface area contributed by atoms with Crippen LogP contribution < -0.4 is 30.6 Å². The number of hydrogen-bond donors (Lipinski definition) is 5. The van der Waals surface area contributed by atoms with Crippen molar-refractivity contribution < 1.29 is 48.8 Å². The average Bonchev–Trinajstić information content (AvgIpc) is 3.33. The van der Waals surface area contributed by atoms with Crippen LogP contribution in [-0.4, -0.2) is 52.0 Å². The summed E-state index contributed by atoms with van der Waals surface area (Å²) in [5.74, 6) is 2.45. The third-order valence-corrected chi connectivity index (χ3v) is 10.6. The van der Waals surface area contributed by atoms with Gasteiger partial charge < -0.3 is 48.8 Å². The molecular weight excluding hydrogens is 811 g/mol. The molecule has 0 saturated heterocycles. The number of rotatable bonds is 20. The minimum absolute atomic E-state index is 0.186. The minimum Gasteiger partial charge on any atom is -0.457 e. The fraction of sp³-hybridized carbons (Fsp3) is 0.188. The number of nitriles is 3. The van der Waals surface area contributed by atoms with E-state index in [1.807, 2.05) is 6.92 Å². The molecule has 0 aliphatic heterocycles. The van der Waals surface area contributed by atoms with Crippen molar-refractivity contribution in [2.45, 2.75) is 58.4 Å². The van der Waals surface area contributed by atoms with Crippen molar-refractivity contribution in [2.75, 3.05) is 0 Å². The second kappa shape index (κ2) is 21.9. The molecule has 0 heterocycles. The summed E-state index contributed by atoms with van der Waals surface area (Å²) in [5, 5.41) is 83.5. The van der Waals surface area contributed by atoms with E-state index >= 15 is 0 Å². The second-order valence-corrected chi connectivity index (χ2v) is 15.0. The van der Waals surface area contributed by atoms with Gasteiger partial charge in [0.2, 0.25) is 0 Å². The smallest absolute Gasteiger partial charge is 0.457 e. The van der Waals surface area contributed by atoms with Crippen LogP contribution in [0.4, 0.5) is 0 Å². The second-order valence-electron chi connectivity index (χ2n) is 15.0. The van der Waals surface area contributed by atoms with Crippen molar-refractivity contribution in [2.24, 2.45) is 0 Å². The molecule has 5 N–H and O–H groups in total. The minimum atomic E-state index is -1.73. The van der Waals surface area contributed by atoms with E-state index in [0.717, 1.165) is 6.42 Å². The third kappa shape index (κ3) is 11.6. The number of aliphatic hydroxyl groups is 3. The molecule has 6 aromatic carbocycles. The SMILES string of the molecule is CCCCC(C)(OB(OB(O)c1ccc(Oc2ccc(C#N)cc2)cc1CO)c1ccc(Oc2ccc(C#N)cc2)cc1CO)B(O)c1ccc(Oc2ccc(C#N)cc2)cc1CO. The Kier molecular flexibility index (Phi) is 16.0. The molecule has 13 nitrogen and oxygen atoms in total. The highest BCUT2D eigenvalue weighted by molar-refractivity contribution is 6.76. The molecule has 16 heteroatoms. The first-order valence-electron chi connectivity index (χ1n) is 20.5. The lowest BCUT2D eigenvalue weighted by atomic mass is 9.46. The Labute approximate surface area is 372 Å². The van der Waals surface area contributed by atoms with Crippen molar-refractivity contribution in [3.8, 4) is 52.7 Å². The number of unbranched alkanes of at least 4 members (excludes halogenated alkanes) is 1. The Morgan fingerprint density at radius 3 is 1.27 bits per heavy atom. The van der Waals surface area contributed by atoms with Crippen molar-refractivity contribution >= 4 is 37.5 Å². The van der Waals surface area contributed by atoms with Crippen molar-refractivity contribution in [1.29, 1.82) is 15.8 Å². The summed E-state index contributed by atoms with van der Waals surface area (Å²) in [6, 6.07) is 40.1. The van der Waals surface area contributed by atoms with E-state index in [4.69, 9.17) is 28.7 Å². The standard InChI is InChI=1S/C48H44B3N3O10/c1-3-4-23-48(2,49(58)45-20-17-42(24-36(45)30-55)60-39-11-5-33(27-52)6-12-39)63-51(47-22-19-44(26-38(47)32-57)62-41-15-9-35(29-54)10-16-41)64-50(59)46-21-18-43(25-37(46)31-56)61-40-13-7-34(28-53)8-14-40/h5-22,24-26,55-59H,3-4,23,30-32H2,1-2H3. The van der Waals surface area contributed by atoms with Gasteiger partial charge in [-0.25, -0.2) is 0 Å². The lowest BCUT2D eigenvalue weighted by Crippen LogP contribution is -2.60. The van der Waals surface area contributed by atoms with E-state index in [2.05, 4.69) is 18.2 Å². The maximum atomic E-state index is 12.3. The highest BCUT2D eigenvalue weighted by Gasteiger charge is 2.45. The van der Waals surface area contributed by atoms with E-state index in [1.54, 1.807) is 128 Å². The van der Waals surface area contributed by atoms with Crippen LogP contribution in [-0.2, 0) is 29.0 Å². The topological polar surface area (TPSA) is 219 Å². The van der Waals surface area contributed by atoms with Crippen LogP contribution in [0.5, 0.6) is 34.5 Å². The first-order chi connectivity index (χ1) is 31.0. The van der Waals surface area contributed by atoms with Gasteiger partial charge in [0.1, 0.15) is 34.5 Å². The number of nitrogens with zero attached hydrogens (tertiary/aromatic N) is 3. The molecule has 0 bridgehead atoms. The Bertz CT molecular complexity index is 2650. The van der Waals surface area contributed by atoms with Gasteiger partial charge in [0.25, 0.3) is 0 Å². The normalized spacial score (nSPS) is 11.6. The third-order valence-electron chi connectivity index (χ3n) is 10.6. The molecule has 0 aromatic heterocycles. The van der Waals surface area contributed by atoms with Crippen LogP contribution in [0.15, 0.2) is 127 Å². The Morgan fingerprint density at radius 1 is 0.516 bits per heavy atom. The van der Waals surface area contributed by atoms with Gasteiger partial charge in [0.15, 0.2) is 0 Å². The lowest BCUT2D eigenvalue weighted by molar-refractivity contribution is 0.118. The van der Waals surface area contributed by atoms with E-state index in [1.165, 1.54) is 6.07 Å². The summed E-state index contributed by atoms with van der Waals surface area (Å²) < 4.78 is 31.2. The van der Waals surface area contributed by atoms with Crippen LogP contribution in [0, 0.1) is 34.0 Å². The fourth-order valence-corrected chi connectivity index (χ4v) is 7.00. The summed E-state index contributed by atoms with van der Waals surface area (Å²) >= 11 is 0. The number of aliphatic hydroxyl groups excluding tert-OH is 3. The maximum absolute atomic E-state index is 12.3. The molecule has 0 saturated carbocycles. The Balaban J connectivity index is 1.35. The van der Waals surface area contributed by atoms with Gasteiger partial charge in [-0.2, -0.15) is 15.8 Å². The van der Waals surface area contributed by atoms with Gasteiger partial charge in [-0.05, 0) is 156 Å². The monoisotopic (exact) mass is 855 g/mol. The van der Waals surface area contributed by atoms with Gasteiger partial charge in [-0.15, -0.1) is 0 Å². The quantitative estimate of drug-likeness (QED) is 0.0588. The molecule has 0 aliphatic rings. The Hall–Kier alpha value is -6.90. The van der Waals surface area contributed by atoms with Gasteiger partial charge in [0.05, 0.1) is 60.2 Å². The zero-order valence-electron chi connectivity index (χ0n) is 35.2. The molecule has 64 heavy (non-hydrogen) atoms. The molecule has 0 fully saturated rings. The van der Waals surface area contributed by atoms with Gasteiger partial charge in [-0.1, -0.05) is 38.0 Å². The predicted octanol–water partition coefficient (Wildman–Crippen LogP) is 5.65. The number of ether oxygens (including phenoxy) is 3. The van der Waals surface area contributed by atoms with Crippen molar-refractivity contribution in [3.63, 3.8) is 0 Å². The first kappa shape index (κ1) is 46.6. The lowest BCUT2D eigenvalue weighted by Gasteiger charge is -2.37.